The van der Waals surface area contributed by atoms with Crippen molar-refractivity contribution < 1.29 is 20.1 Å². The molecule has 0 aliphatic carbocycles. The number of carboxylic acid groups (broad SMARTS) is 1. The van der Waals surface area contributed by atoms with Crippen molar-refractivity contribution in [3.63, 3.8) is 0 Å². The summed E-state index contributed by atoms with van der Waals surface area (Å²) in [5.41, 5.74) is 2.31. The van der Waals surface area contributed by atoms with E-state index in [2.05, 4.69) is 48.5 Å². The number of rotatable bonds is 18. The lowest BCUT2D eigenvalue weighted by Gasteiger charge is -2.30. The van der Waals surface area contributed by atoms with Gasteiger partial charge in [0.25, 0.3) is 0 Å². The lowest BCUT2D eigenvalue weighted by molar-refractivity contribution is -0.136. The Kier molecular flexibility index (Phi) is 19.3. The van der Waals surface area contributed by atoms with E-state index < -0.39 is 5.97 Å². The van der Waals surface area contributed by atoms with Gasteiger partial charge in [-0.05, 0) is 29.7 Å². The molecule has 4 nitrogen and oxygen atoms in total. The van der Waals surface area contributed by atoms with E-state index in [4.69, 9.17) is 5.11 Å². The number of phenols is 2. The van der Waals surface area contributed by atoms with E-state index >= 15 is 0 Å². The number of phenolic OH excluding ortho intramolecular Hbond substituents is 2. The first kappa shape index (κ1) is 37.3. The molecule has 0 saturated carbocycles. The summed E-state index contributed by atoms with van der Waals surface area (Å²) in [7, 11) is 0. The van der Waals surface area contributed by atoms with Crippen LogP contribution in [0, 0.1) is 0 Å². The highest BCUT2D eigenvalue weighted by atomic mass is 16.4. The minimum atomic E-state index is -0.745. The number of hydrogen-bond acceptors (Lipinski definition) is 3. The molecule has 0 fully saturated rings. The zero-order valence-electron chi connectivity index (χ0n) is 27.1. The number of aliphatic carboxylic acids is 1. The van der Waals surface area contributed by atoms with Crippen molar-refractivity contribution in [2.45, 2.75) is 182 Å². The van der Waals surface area contributed by atoms with Crippen LogP contribution in [0.1, 0.15) is 181 Å². The second-order valence-electron chi connectivity index (χ2n) is 13.4. The van der Waals surface area contributed by atoms with Crippen molar-refractivity contribution in [3.05, 3.63) is 22.8 Å². The molecule has 1 rings (SSSR count). The molecule has 0 saturated heterocycles. The van der Waals surface area contributed by atoms with Crippen molar-refractivity contribution in [1.82, 2.24) is 0 Å². The van der Waals surface area contributed by atoms with Gasteiger partial charge in [-0.1, -0.05) is 152 Å². The molecule has 0 aromatic heterocycles. The van der Waals surface area contributed by atoms with Crippen LogP contribution in [-0.4, -0.2) is 21.3 Å². The van der Waals surface area contributed by atoms with E-state index in [0.717, 1.165) is 29.5 Å². The van der Waals surface area contributed by atoms with Gasteiger partial charge in [0.1, 0.15) is 11.5 Å². The van der Waals surface area contributed by atoms with E-state index in [9.17, 15) is 15.0 Å². The Labute approximate surface area is 242 Å². The summed E-state index contributed by atoms with van der Waals surface area (Å²) < 4.78 is 0. The first-order chi connectivity index (χ1) is 18.3. The molecule has 3 N–H and O–H groups in total. The summed E-state index contributed by atoms with van der Waals surface area (Å²) in [4.78, 5) is 9.37. The van der Waals surface area contributed by atoms with Gasteiger partial charge in [-0.3, -0.25) is 4.79 Å². The second kappa shape index (κ2) is 20.2. The van der Waals surface area contributed by atoms with E-state index in [1.807, 2.05) is 0 Å². The van der Waals surface area contributed by atoms with E-state index in [-0.39, 0.29) is 17.3 Å². The molecule has 1 aromatic carbocycles. The third kappa shape index (κ3) is 16.9. The van der Waals surface area contributed by atoms with Crippen molar-refractivity contribution in [3.8, 4) is 11.5 Å². The van der Waals surface area contributed by atoms with E-state index in [1.165, 1.54) is 96.3 Å². The highest BCUT2D eigenvalue weighted by Crippen LogP contribution is 2.45. The molecule has 0 aliphatic rings. The number of carboxylic acids is 1. The van der Waals surface area contributed by atoms with Crippen LogP contribution in [0.3, 0.4) is 0 Å². The summed E-state index contributed by atoms with van der Waals surface area (Å²) in [5, 5.41) is 29.6. The molecule has 0 amide bonds. The minimum absolute atomic E-state index is 0.200. The van der Waals surface area contributed by atoms with Crippen molar-refractivity contribution in [1.29, 1.82) is 0 Å². The highest BCUT2D eigenvalue weighted by molar-refractivity contribution is 5.66. The van der Waals surface area contributed by atoms with Crippen LogP contribution in [0.25, 0.3) is 0 Å². The topological polar surface area (TPSA) is 77.8 Å². The van der Waals surface area contributed by atoms with Gasteiger partial charge in [0, 0.05) is 23.1 Å². The molecule has 0 bridgehead atoms. The van der Waals surface area contributed by atoms with Crippen LogP contribution in [0.4, 0.5) is 0 Å². The third-order valence-electron chi connectivity index (χ3n) is 7.52. The van der Waals surface area contributed by atoms with Gasteiger partial charge in [0.05, 0.1) is 0 Å². The number of aromatic hydroxyl groups is 2. The number of carbonyl (C=O) groups is 1. The van der Waals surface area contributed by atoms with Crippen molar-refractivity contribution in [2.24, 2.45) is 0 Å². The largest absolute Gasteiger partial charge is 0.508 e. The fourth-order valence-electron chi connectivity index (χ4n) is 5.18. The SMILES string of the molecule is CCC(=O)O.CCCCCCCCCCCCCCCCCCc1c(O)cc(C(C)(C)C)c(O)c1C(C)(C)C. The lowest BCUT2D eigenvalue weighted by Crippen LogP contribution is -2.19. The highest BCUT2D eigenvalue weighted by Gasteiger charge is 2.30. The fraction of sp³-hybridized carbons (Fsp3) is 0.800. The summed E-state index contributed by atoms with van der Waals surface area (Å²) in [6.45, 7) is 16.5. The molecule has 228 valence electrons. The smallest absolute Gasteiger partial charge is 0.303 e. The van der Waals surface area contributed by atoms with Crippen LogP contribution < -0.4 is 0 Å². The number of benzene rings is 1. The second-order valence-corrected chi connectivity index (χ2v) is 13.4. The van der Waals surface area contributed by atoms with Crippen LogP contribution >= 0.6 is 0 Å². The maximum Gasteiger partial charge on any atom is 0.303 e. The van der Waals surface area contributed by atoms with Crippen LogP contribution in [0.2, 0.25) is 0 Å². The Bertz CT molecular complexity index is 783. The number of unbranched alkanes of at least 4 members (excludes halogenated alkanes) is 15. The zero-order valence-corrected chi connectivity index (χ0v) is 27.1. The Balaban J connectivity index is 0.00000263. The monoisotopic (exact) mass is 548 g/mol. The van der Waals surface area contributed by atoms with Gasteiger partial charge >= 0.3 is 5.97 Å². The van der Waals surface area contributed by atoms with Gasteiger partial charge in [0.2, 0.25) is 0 Å². The molecule has 0 heterocycles. The number of hydrogen-bond donors (Lipinski definition) is 3. The van der Waals surface area contributed by atoms with E-state index in [1.54, 1.807) is 13.0 Å². The van der Waals surface area contributed by atoms with Gasteiger partial charge in [0.15, 0.2) is 0 Å². The molecular weight excluding hydrogens is 484 g/mol. The summed E-state index contributed by atoms with van der Waals surface area (Å²) in [6.07, 6.45) is 22.8. The van der Waals surface area contributed by atoms with Gasteiger partial charge in [-0.2, -0.15) is 0 Å². The maximum absolute atomic E-state index is 11.1. The molecule has 39 heavy (non-hydrogen) atoms. The van der Waals surface area contributed by atoms with Crippen LogP contribution in [0.15, 0.2) is 6.07 Å². The Hall–Kier alpha value is -1.71. The first-order valence-corrected chi connectivity index (χ1v) is 16.1. The molecule has 1 aromatic rings. The molecule has 0 unspecified atom stereocenters. The van der Waals surface area contributed by atoms with E-state index in [0.29, 0.717) is 11.5 Å². The lowest BCUT2D eigenvalue weighted by atomic mass is 9.76. The molecule has 4 heteroatoms. The van der Waals surface area contributed by atoms with Crippen molar-refractivity contribution >= 4 is 5.97 Å². The van der Waals surface area contributed by atoms with Crippen LogP contribution in [0.5, 0.6) is 11.5 Å². The maximum atomic E-state index is 11.1. The first-order valence-electron chi connectivity index (χ1n) is 16.1. The average molecular weight is 549 g/mol. The zero-order chi connectivity index (χ0) is 29.9. The predicted octanol–water partition coefficient (Wildman–Crippen LogP) is 11.0. The minimum Gasteiger partial charge on any atom is -0.508 e. The van der Waals surface area contributed by atoms with Gasteiger partial charge in [-0.15, -0.1) is 0 Å². The molecule has 0 spiro atoms. The fourth-order valence-corrected chi connectivity index (χ4v) is 5.18. The molecular formula is C35H64O4. The quantitative estimate of drug-likeness (QED) is 0.126. The third-order valence-corrected chi connectivity index (χ3v) is 7.52. The normalized spacial score (nSPS) is 11.8. The molecule has 0 atom stereocenters. The molecule has 0 aliphatic heterocycles. The Morgan fingerprint density at radius 2 is 1.00 bits per heavy atom. The van der Waals surface area contributed by atoms with Gasteiger partial charge < -0.3 is 15.3 Å². The van der Waals surface area contributed by atoms with Gasteiger partial charge in [-0.25, -0.2) is 0 Å². The standard InChI is InChI=1S/C32H58O2.C3H6O2/c1-8-9-10-11-12-13-14-15-16-17-18-19-20-21-22-23-24-26-28(33)25-27(31(2,3)4)30(34)29(26)32(5,6)7;1-2-3(4)5/h25,33-34H,8-24H2,1-7H3;2H2,1H3,(H,4,5). The molecule has 0 radical (unpaired) electrons. The Morgan fingerprint density at radius 3 is 1.31 bits per heavy atom. The Morgan fingerprint density at radius 1 is 0.641 bits per heavy atom. The average Bonchev–Trinajstić information content (AvgIpc) is 2.84. The van der Waals surface area contributed by atoms with Crippen molar-refractivity contribution in [2.75, 3.05) is 0 Å². The summed E-state index contributed by atoms with van der Waals surface area (Å²) in [6, 6.07) is 1.80. The summed E-state index contributed by atoms with van der Waals surface area (Å²) in [5.74, 6) is -0.0112. The predicted molar refractivity (Wildman–Crippen MR) is 168 cm³/mol. The van der Waals surface area contributed by atoms with Crippen LogP contribution in [-0.2, 0) is 22.0 Å². The summed E-state index contributed by atoms with van der Waals surface area (Å²) >= 11 is 0.